The number of fused-ring (bicyclic) bond motifs is 1. The smallest absolute Gasteiger partial charge is 0.125 e. The Hall–Kier alpha value is -1.97. The van der Waals surface area contributed by atoms with Crippen molar-refractivity contribution < 1.29 is 0 Å². The summed E-state index contributed by atoms with van der Waals surface area (Å²) in [4.78, 5) is 0. The van der Waals surface area contributed by atoms with Crippen molar-refractivity contribution >= 4 is 11.5 Å². The van der Waals surface area contributed by atoms with Crippen LogP contribution in [-0.4, -0.2) is 16.3 Å². The third-order valence-electron chi connectivity index (χ3n) is 4.58. The highest BCUT2D eigenvalue weighted by Crippen LogP contribution is 2.47. The number of hydrogen-bond acceptors (Lipinski definition) is 3. The van der Waals surface area contributed by atoms with E-state index in [4.69, 9.17) is 10.8 Å². The first kappa shape index (κ1) is 11.8. The van der Waals surface area contributed by atoms with Gasteiger partial charge in [-0.2, -0.15) is 5.10 Å². The second-order valence-corrected chi connectivity index (χ2v) is 6.12. The van der Waals surface area contributed by atoms with E-state index in [1.54, 1.807) is 0 Å². The molecule has 3 N–H and O–H groups in total. The van der Waals surface area contributed by atoms with E-state index in [9.17, 15) is 0 Å². The molecule has 0 amide bonds. The van der Waals surface area contributed by atoms with Gasteiger partial charge in [-0.05, 0) is 36.5 Å². The number of nitrogens with two attached hydrogens (primary N) is 1. The van der Waals surface area contributed by atoms with Gasteiger partial charge in [0, 0.05) is 24.2 Å². The molecule has 2 aliphatic rings. The summed E-state index contributed by atoms with van der Waals surface area (Å²) in [6.45, 7) is 3.30. The number of rotatable bonds is 2. The van der Waals surface area contributed by atoms with Gasteiger partial charge in [0.2, 0.25) is 0 Å². The highest BCUT2D eigenvalue weighted by Gasteiger charge is 2.37. The molecule has 1 aromatic heterocycles. The lowest BCUT2D eigenvalue weighted by Gasteiger charge is -2.26. The van der Waals surface area contributed by atoms with Crippen LogP contribution in [0.25, 0.3) is 0 Å². The highest BCUT2D eigenvalue weighted by molar-refractivity contribution is 5.45. The molecule has 0 bridgehead atoms. The molecule has 1 aliphatic heterocycles. The van der Waals surface area contributed by atoms with Crippen LogP contribution in [0.3, 0.4) is 0 Å². The van der Waals surface area contributed by atoms with Crippen molar-refractivity contribution in [2.45, 2.75) is 31.7 Å². The Bertz CT molecular complexity index is 628. The number of aromatic nitrogens is 2. The average molecular weight is 268 g/mol. The van der Waals surface area contributed by atoms with E-state index in [-0.39, 0.29) is 0 Å². The molecule has 1 aliphatic carbocycles. The summed E-state index contributed by atoms with van der Waals surface area (Å²) >= 11 is 0. The third kappa shape index (κ3) is 1.87. The topological polar surface area (TPSA) is 55.9 Å². The van der Waals surface area contributed by atoms with Gasteiger partial charge < -0.3 is 11.1 Å². The molecule has 0 spiro atoms. The van der Waals surface area contributed by atoms with E-state index < -0.39 is 0 Å². The molecule has 1 fully saturated rings. The molecule has 3 unspecified atom stereocenters. The maximum absolute atomic E-state index is 5.78. The summed E-state index contributed by atoms with van der Waals surface area (Å²) < 4.78 is 2.16. The Labute approximate surface area is 119 Å². The lowest BCUT2D eigenvalue weighted by atomic mass is 10.0. The molecule has 2 heterocycles. The van der Waals surface area contributed by atoms with E-state index in [1.165, 1.54) is 17.7 Å². The molecule has 3 atom stereocenters. The summed E-state index contributed by atoms with van der Waals surface area (Å²) in [7, 11) is 0. The van der Waals surface area contributed by atoms with Crippen molar-refractivity contribution in [3.8, 4) is 0 Å². The third-order valence-corrected chi connectivity index (χ3v) is 4.58. The molecule has 0 saturated heterocycles. The van der Waals surface area contributed by atoms with Gasteiger partial charge >= 0.3 is 0 Å². The van der Waals surface area contributed by atoms with Crippen LogP contribution in [-0.2, 0) is 0 Å². The SMILES string of the molecule is CC1CC1c1cc2n(n1)C(c1ccc(N)cc1)CCN2. The van der Waals surface area contributed by atoms with Gasteiger partial charge in [0.1, 0.15) is 5.82 Å². The number of hydrogen-bond donors (Lipinski definition) is 2. The van der Waals surface area contributed by atoms with Gasteiger partial charge in [-0.1, -0.05) is 19.1 Å². The molecular weight excluding hydrogens is 248 g/mol. The Morgan fingerprint density at radius 1 is 1.30 bits per heavy atom. The number of nitrogens with one attached hydrogen (secondary N) is 1. The molecule has 4 rings (SSSR count). The summed E-state index contributed by atoms with van der Waals surface area (Å²) in [5, 5.41) is 8.33. The molecular formula is C16H20N4. The minimum Gasteiger partial charge on any atom is -0.399 e. The lowest BCUT2D eigenvalue weighted by Crippen LogP contribution is -2.24. The first-order valence-corrected chi connectivity index (χ1v) is 7.41. The van der Waals surface area contributed by atoms with Crippen LogP contribution in [0, 0.1) is 5.92 Å². The monoisotopic (exact) mass is 268 g/mol. The Morgan fingerprint density at radius 2 is 2.05 bits per heavy atom. The molecule has 0 radical (unpaired) electrons. The van der Waals surface area contributed by atoms with E-state index in [0.717, 1.165) is 30.4 Å². The zero-order valence-electron chi connectivity index (χ0n) is 11.7. The normalized spacial score (nSPS) is 27.8. The first-order valence-electron chi connectivity index (χ1n) is 7.41. The van der Waals surface area contributed by atoms with Crippen LogP contribution >= 0.6 is 0 Å². The van der Waals surface area contributed by atoms with Gasteiger partial charge in [0.15, 0.2) is 0 Å². The molecule has 20 heavy (non-hydrogen) atoms. The first-order chi connectivity index (χ1) is 9.72. The van der Waals surface area contributed by atoms with Crippen molar-refractivity contribution in [1.82, 2.24) is 9.78 Å². The minimum atomic E-state index is 0.328. The van der Waals surface area contributed by atoms with E-state index in [2.05, 4.69) is 35.1 Å². The van der Waals surface area contributed by atoms with Crippen LogP contribution in [0.2, 0.25) is 0 Å². The largest absolute Gasteiger partial charge is 0.399 e. The van der Waals surface area contributed by atoms with Crippen molar-refractivity contribution in [2.24, 2.45) is 5.92 Å². The van der Waals surface area contributed by atoms with Gasteiger partial charge in [-0.3, -0.25) is 0 Å². The molecule has 4 nitrogen and oxygen atoms in total. The quantitative estimate of drug-likeness (QED) is 0.823. The fourth-order valence-electron chi connectivity index (χ4n) is 3.18. The standard InChI is InChI=1S/C16H20N4/c1-10-8-13(10)14-9-16-18-7-6-15(20(16)19-14)11-2-4-12(17)5-3-11/h2-5,9-10,13,15,18H,6-8,17H2,1H3. The van der Waals surface area contributed by atoms with E-state index in [1.807, 2.05) is 12.1 Å². The van der Waals surface area contributed by atoms with E-state index >= 15 is 0 Å². The predicted octanol–water partition coefficient (Wildman–Crippen LogP) is 2.99. The van der Waals surface area contributed by atoms with Crippen molar-refractivity contribution in [1.29, 1.82) is 0 Å². The summed E-state index contributed by atoms with van der Waals surface area (Å²) in [5.41, 5.74) is 9.14. The van der Waals surface area contributed by atoms with Crippen LogP contribution < -0.4 is 11.1 Å². The van der Waals surface area contributed by atoms with Crippen LogP contribution in [0.5, 0.6) is 0 Å². The minimum absolute atomic E-state index is 0.328. The van der Waals surface area contributed by atoms with E-state index in [0.29, 0.717) is 12.0 Å². The maximum Gasteiger partial charge on any atom is 0.125 e. The van der Waals surface area contributed by atoms with Gasteiger partial charge in [0.25, 0.3) is 0 Å². The Balaban J connectivity index is 1.70. The zero-order valence-corrected chi connectivity index (χ0v) is 11.7. The summed E-state index contributed by atoms with van der Waals surface area (Å²) in [5.74, 6) is 2.62. The highest BCUT2D eigenvalue weighted by atomic mass is 15.4. The molecule has 1 aromatic carbocycles. The lowest BCUT2D eigenvalue weighted by molar-refractivity contribution is 0.478. The molecule has 104 valence electrons. The van der Waals surface area contributed by atoms with Gasteiger partial charge in [0.05, 0.1) is 11.7 Å². The fourth-order valence-corrected chi connectivity index (χ4v) is 3.18. The molecule has 4 heteroatoms. The van der Waals surface area contributed by atoms with Crippen LogP contribution in [0.1, 0.15) is 43.0 Å². The number of nitrogen functional groups attached to an aromatic ring is 1. The summed E-state index contributed by atoms with van der Waals surface area (Å²) in [6, 6.07) is 10.8. The molecule has 1 saturated carbocycles. The predicted molar refractivity (Wildman–Crippen MR) is 80.8 cm³/mol. The van der Waals surface area contributed by atoms with Gasteiger partial charge in [-0.15, -0.1) is 0 Å². The maximum atomic E-state index is 5.78. The number of benzene rings is 1. The average Bonchev–Trinajstić information content (AvgIpc) is 3.02. The van der Waals surface area contributed by atoms with Crippen molar-refractivity contribution in [2.75, 3.05) is 17.6 Å². The fraction of sp³-hybridized carbons (Fsp3) is 0.438. The number of anilines is 2. The Morgan fingerprint density at radius 3 is 2.75 bits per heavy atom. The zero-order chi connectivity index (χ0) is 13.7. The van der Waals surface area contributed by atoms with Crippen LogP contribution in [0.15, 0.2) is 30.3 Å². The van der Waals surface area contributed by atoms with Gasteiger partial charge in [-0.25, -0.2) is 4.68 Å². The summed E-state index contributed by atoms with van der Waals surface area (Å²) in [6.07, 6.45) is 2.35. The second kappa shape index (κ2) is 4.27. The second-order valence-electron chi connectivity index (χ2n) is 6.12. The van der Waals surface area contributed by atoms with Crippen molar-refractivity contribution in [3.63, 3.8) is 0 Å². The van der Waals surface area contributed by atoms with Crippen LogP contribution in [0.4, 0.5) is 11.5 Å². The Kier molecular flexibility index (Phi) is 2.52. The number of nitrogens with zero attached hydrogens (tertiary/aromatic N) is 2. The molecule has 2 aromatic rings. The van der Waals surface area contributed by atoms with Crippen molar-refractivity contribution in [3.05, 3.63) is 41.6 Å².